The van der Waals surface area contributed by atoms with E-state index in [2.05, 4.69) is 30.1 Å². The average molecular weight is 503 g/mol. The van der Waals surface area contributed by atoms with Gasteiger partial charge in [-0.3, -0.25) is 0 Å². The molecule has 0 unspecified atom stereocenters. The number of ether oxygens (including phenoxy) is 2. The Morgan fingerprint density at radius 1 is 0.676 bits per heavy atom. The van der Waals surface area contributed by atoms with E-state index in [9.17, 15) is 9.59 Å². The highest BCUT2D eigenvalue weighted by Crippen LogP contribution is 2.17. The van der Waals surface area contributed by atoms with Crippen LogP contribution in [0, 0.1) is 13.8 Å². The molecule has 0 fully saturated rings. The standard InChI is InChI=1S/2C11H10ClN3O2/c2*1-7-10(11(16)17-2)13-14-15(7)9-5-3-8(12)4-6-9/h2*3-6H,1-2H3. The predicted octanol–water partition coefficient (Wildman–Crippen LogP) is 4.03. The van der Waals surface area contributed by atoms with Crippen molar-refractivity contribution in [3.05, 3.63) is 81.4 Å². The summed E-state index contributed by atoms with van der Waals surface area (Å²) < 4.78 is 12.3. The Labute approximate surface area is 205 Å². The van der Waals surface area contributed by atoms with Gasteiger partial charge >= 0.3 is 11.9 Å². The summed E-state index contributed by atoms with van der Waals surface area (Å²) >= 11 is 11.6. The van der Waals surface area contributed by atoms with Crippen molar-refractivity contribution in [1.82, 2.24) is 30.0 Å². The maximum absolute atomic E-state index is 11.4. The number of aromatic nitrogens is 6. The van der Waals surface area contributed by atoms with Crippen LogP contribution in [0.2, 0.25) is 10.0 Å². The number of benzene rings is 2. The molecule has 0 N–H and O–H groups in total. The van der Waals surface area contributed by atoms with Crippen molar-refractivity contribution >= 4 is 35.1 Å². The van der Waals surface area contributed by atoms with Crippen LogP contribution < -0.4 is 0 Å². The molecule has 0 saturated carbocycles. The third-order valence-electron chi connectivity index (χ3n) is 4.69. The van der Waals surface area contributed by atoms with Gasteiger partial charge in [0.25, 0.3) is 0 Å². The lowest BCUT2D eigenvalue weighted by molar-refractivity contribution is 0.0584. The van der Waals surface area contributed by atoms with Crippen LogP contribution in [-0.4, -0.2) is 56.1 Å². The highest BCUT2D eigenvalue weighted by Gasteiger charge is 2.18. The molecule has 0 amide bonds. The van der Waals surface area contributed by atoms with Gasteiger partial charge < -0.3 is 9.47 Å². The van der Waals surface area contributed by atoms with Crippen LogP contribution in [-0.2, 0) is 9.47 Å². The minimum atomic E-state index is -0.497. The fourth-order valence-corrected chi connectivity index (χ4v) is 3.14. The Hall–Kier alpha value is -3.76. The van der Waals surface area contributed by atoms with Gasteiger partial charge in [-0.05, 0) is 62.4 Å². The van der Waals surface area contributed by atoms with Crippen LogP contribution in [0.1, 0.15) is 32.4 Å². The zero-order valence-electron chi connectivity index (χ0n) is 18.7. The SMILES string of the molecule is COC(=O)c1nnn(-c2ccc(Cl)cc2)c1C.COC(=O)c1nnn(-c2ccc(Cl)cc2)c1C. The van der Waals surface area contributed by atoms with Gasteiger partial charge in [0.1, 0.15) is 0 Å². The van der Waals surface area contributed by atoms with Crippen molar-refractivity contribution in [1.29, 1.82) is 0 Å². The smallest absolute Gasteiger partial charge is 0.360 e. The number of halogens is 2. The van der Waals surface area contributed by atoms with Crippen molar-refractivity contribution in [2.45, 2.75) is 13.8 Å². The predicted molar refractivity (Wildman–Crippen MR) is 125 cm³/mol. The summed E-state index contributed by atoms with van der Waals surface area (Å²) in [7, 11) is 2.62. The summed E-state index contributed by atoms with van der Waals surface area (Å²) in [5, 5.41) is 16.7. The van der Waals surface area contributed by atoms with Crippen LogP contribution >= 0.6 is 23.2 Å². The van der Waals surface area contributed by atoms with Crippen LogP contribution in [0.4, 0.5) is 0 Å². The summed E-state index contributed by atoms with van der Waals surface area (Å²) in [5.41, 5.74) is 3.24. The van der Waals surface area contributed by atoms with Gasteiger partial charge in [0.2, 0.25) is 0 Å². The molecule has 2 aromatic carbocycles. The van der Waals surface area contributed by atoms with Gasteiger partial charge in [0.05, 0.1) is 37.0 Å². The molecule has 4 aromatic rings. The summed E-state index contributed by atoms with van der Waals surface area (Å²) in [4.78, 5) is 22.7. The fourth-order valence-electron chi connectivity index (χ4n) is 2.88. The molecule has 2 heterocycles. The van der Waals surface area contributed by atoms with Crippen LogP contribution in [0.3, 0.4) is 0 Å². The van der Waals surface area contributed by atoms with Gasteiger partial charge in [-0.15, -0.1) is 10.2 Å². The zero-order valence-corrected chi connectivity index (χ0v) is 20.2. The molecule has 176 valence electrons. The second-order valence-corrected chi connectivity index (χ2v) is 7.68. The first-order valence-electron chi connectivity index (χ1n) is 9.80. The molecule has 0 saturated heterocycles. The molecule has 0 spiro atoms. The van der Waals surface area contributed by atoms with E-state index in [0.717, 1.165) is 11.4 Å². The number of methoxy groups -OCH3 is 2. The number of esters is 2. The summed E-state index contributed by atoms with van der Waals surface area (Å²) in [6.07, 6.45) is 0. The van der Waals surface area contributed by atoms with E-state index in [1.807, 2.05) is 0 Å². The quantitative estimate of drug-likeness (QED) is 0.384. The van der Waals surface area contributed by atoms with Gasteiger partial charge in [-0.1, -0.05) is 33.6 Å². The highest BCUT2D eigenvalue weighted by atomic mass is 35.5. The second-order valence-electron chi connectivity index (χ2n) is 6.81. The van der Waals surface area contributed by atoms with Crippen LogP contribution in [0.5, 0.6) is 0 Å². The number of rotatable bonds is 4. The van der Waals surface area contributed by atoms with Gasteiger partial charge in [0, 0.05) is 10.0 Å². The number of nitrogens with zero attached hydrogens (tertiary/aromatic N) is 6. The number of carbonyl (C=O) groups excluding carboxylic acids is 2. The molecule has 34 heavy (non-hydrogen) atoms. The van der Waals surface area contributed by atoms with E-state index in [1.54, 1.807) is 71.7 Å². The molecule has 4 rings (SSSR count). The molecule has 0 aliphatic heterocycles. The minimum Gasteiger partial charge on any atom is -0.464 e. The first kappa shape index (κ1) is 24.9. The molecule has 10 nitrogen and oxygen atoms in total. The Bertz CT molecular complexity index is 1200. The Kier molecular flexibility index (Phi) is 7.98. The van der Waals surface area contributed by atoms with E-state index >= 15 is 0 Å². The Balaban J connectivity index is 0.000000191. The normalized spacial score (nSPS) is 10.3. The first-order valence-corrected chi connectivity index (χ1v) is 10.6. The van der Waals surface area contributed by atoms with E-state index in [1.165, 1.54) is 14.2 Å². The molecule has 2 aromatic heterocycles. The summed E-state index contributed by atoms with van der Waals surface area (Å²) in [6.45, 7) is 3.50. The molecule has 0 aliphatic carbocycles. The van der Waals surface area contributed by atoms with Crippen molar-refractivity contribution in [2.75, 3.05) is 14.2 Å². The number of hydrogen-bond donors (Lipinski definition) is 0. The van der Waals surface area contributed by atoms with Crippen molar-refractivity contribution in [3.8, 4) is 11.4 Å². The monoisotopic (exact) mass is 502 g/mol. The van der Waals surface area contributed by atoms with Crippen molar-refractivity contribution in [2.24, 2.45) is 0 Å². The summed E-state index contributed by atoms with van der Waals surface area (Å²) in [5.74, 6) is -0.995. The van der Waals surface area contributed by atoms with Crippen molar-refractivity contribution < 1.29 is 19.1 Å². The molecule has 0 atom stereocenters. The second kappa shape index (κ2) is 10.9. The topological polar surface area (TPSA) is 114 Å². The molecular formula is C22H20Cl2N6O4. The lowest BCUT2D eigenvalue weighted by Crippen LogP contribution is -2.05. The highest BCUT2D eigenvalue weighted by molar-refractivity contribution is 6.30. The zero-order chi connectivity index (χ0) is 24.8. The third-order valence-corrected chi connectivity index (χ3v) is 5.19. The molecule has 0 radical (unpaired) electrons. The van der Waals surface area contributed by atoms with Crippen molar-refractivity contribution in [3.63, 3.8) is 0 Å². The van der Waals surface area contributed by atoms with E-state index in [-0.39, 0.29) is 11.4 Å². The van der Waals surface area contributed by atoms with E-state index in [0.29, 0.717) is 21.4 Å². The van der Waals surface area contributed by atoms with E-state index < -0.39 is 11.9 Å². The third kappa shape index (κ3) is 5.41. The molecule has 12 heteroatoms. The molecular weight excluding hydrogens is 483 g/mol. The maximum Gasteiger partial charge on any atom is 0.360 e. The molecule has 0 bridgehead atoms. The average Bonchev–Trinajstić information content (AvgIpc) is 3.42. The summed E-state index contributed by atoms with van der Waals surface area (Å²) in [6, 6.07) is 14.2. The van der Waals surface area contributed by atoms with Gasteiger partial charge in [-0.2, -0.15) is 0 Å². The number of carbonyl (C=O) groups is 2. The van der Waals surface area contributed by atoms with E-state index in [4.69, 9.17) is 23.2 Å². The van der Waals surface area contributed by atoms with Gasteiger partial charge in [-0.25, -0.2) is 19.0 Å². The lowest BCUT2D eigenvalue weighted by atomic mass is 10.3. The van der Waals surface area contributed by atoms with Crippen LogP contribution in [0.25, 0.3) is 11.4 Å². The maximum atomic E-state index is 11.4. The minimum absolute atomic E-state index is 0.211. The van der Waals surface area contributed by atoms with Gasteiger partial charge in [0.15, 0.2) is 11.4 Å². The Morgan fingerprint density at radius 3 is 1.29 bits per heavy atom. The molecule has 0 aliphatic rings. The first-order chi connectivity index (χ1) is 16.3. The largest absolute Gasteiger partial charge is 0.464 e. The van der Waals surface area contributed by atoms with Crippen LogP contribution in [0.15, 0.2) is 48.5 Å². The Morgan fingerprint density at radius 2 is 1.00 bits per heavy atom. The number of hydrogen-bond acceptors (Lipinski definition) is 8. The lowest BCUT2D eigenvalue weighted by Gasteiger charge is -2.03. The fraction of sp³-hybridized carbons (Fsp3) is 0.182.